The van der Waals surface area contributed by atoms with Crippen molar-refractivity contribution in [2.45, 2.75) is 13.5 Å². The van der Waals surface area contributed by atoms with Crippen LogP contribution in [0.15, 0.2) is 12.1 Å². The van der Waals surface area contributed by atoms with E-state index in [1.807, 2.05) is 0 Å². The summed E-state index contributed by atoms with van der Waals surface area (Å²) < 4.78 is 0. The van der Waals surface area contributed by atoms with Crippen molar-refractivity contribution in [2.75, 3.05) is 0 Å². The van der Waals surface area contributed by atoms with Gasteiger partial charge in [-0.2, -0.15) is 0 Å². The number of aromatic nitrogens is 1. The molecule has 1 aromatic heterocycles. The topological polar surface area (TPSA) is 73.6 Å². The molecule has 1 heterocycles. The maximum absolute atomic E-state index is 8.81. The molecule has 5 heteroatoms. The minimum absolute atomic E-state index is 0.193. The molecule has 1 aromatic rings. The van der Waals surface area contributed by atoms with E-state index in [4.69, 9.17) is 15.2 Å². The first-order chi connectivity index (χ1) is 5.63. The van der Waals surface area contributed by atoms with Crippen LogP contribution in [0.3, 0.4) is 0 Å². The van der Waals surface area contributed by atoms with Gasteiger partial charge in [0.25, 0.3) is 0 Å². The Kier molecular flexibility index (Phi) is 2.81. The second-order valence-electron chi connectivity index (χ2n) is 2.56. The average molecular weight is 167 g/mol. The molecule has 0 saturated carbocycles. The minimum atomic E-state index is -1.50. The minimum Gasteiger partial charge on any atom is -0.423 e. The molecule has 4 nitrogen and oxygen atoms in total. The predicted molar refractivity (Wildman–Crippen MR) is 44.7 cm³/mol. The Morgan fingerprint density at radius 1 is 1.42 bits per heavy atom. The molecule has 0 radical (unpaired) electrons. The van der Waals surface area contributed by atoms with Crippen molar-refractivity contribution in [3.8, 4) is 0 Å². The third-order valence-electron chi connectivity index (χ3n) is 1.49. The van der Waals surface area contributed by atoms with Gasteiger partial charge in [-0.25, -0.2) is 0 Å². The largest absolute Gasteiger partial charge is 0.488 e. The third-order valence-corrected chi connectivity index (χ3v) is 1.49. The number of hydrogen-bond donors (Lipinski definition) is 3. The molecular formula is C7H10BNO3. The quantitative estimate of drug-likeness (QED) is 0.471. The van der Waals surface area contributed by atoms with Crippen molar-refractivity contribution in [1.29, 1.82) is 0 Å². The first-order valence-corrected chi connectivity index (χ1v) is 3.58. The summed E-state index contributed by atoms with van der Waals surface area (Å²) in [5.41, 5.74) is 1.45. The van der Waals surface area contributed by atoms with E-state index in [9.17, 15) is 0 Å². The molecule has 0 aromatic carbocycles. The average Bonchev–Trinajstić information content (AvgIpc) is 2.03. The van der Waals surface area contributed by atoms with Crippen LogP contribution in [0.5, 0.6) is 0 Å². The van der Waals surface area contributed by atoms with Crippen LogP contribution < -0.4 is 5.46 Å². The van der Waals surface area contributed by atoms with Gasteiger partial charge in [-0.3, -0.25) is 4.98 Å². The Morgan fingerprint density at radius 3 is 2.58 bits per heavy atom. The fourth-order valence-electron chi connectivity index (χ4n) is 0.996. The number of nitrogens with zero attached hydrogens (tertiary/aromatic N) is 1. The lowest BCUT2D eigenvalue weighted by Gasteiger charge is -2.03. The number of aliphatic hydroxyl groups is 1. The zero-order valence-corrected chi connectivity index (χ0v) is 6.73. The van der Waals surface area contributed by atoms with Crippen LogP contribution in [0.4, 0.5) is 0 Å². The highest BCUT2D eigenvalue weighted by Crippen LogP contribution is 1.96. The molecule has 0 aliphatic heterocycles. The molecule has 0 aliphatic carbocycles. The van der Waals surface area contributed by atoms with Gasteiger partial charge in [-0.1, -0.05) is 0 Å². The van der Waals surface area contributed by atoms with Gasteiger partial charge in [0.15, 0.2) is 0 Å². The third kappa shape index (κ3) is 2.04. The monoisotopic (exact) mass is 167 g/mol. The molecule has 3 N–H and O–H groups in total. The van der Waals surface area contributed by atoms with Gasteiger partial charge in [0, 0.05) is 5.69 Å². The summed E-state index contributed by atoms with van der Waals surface area (Å²) in [4.78, 5) is 3.96. The van der Waals surface area contributed by atoms with Crippen molar-refractivity contribution in [2.24, 2.45) is 0 Å². The molecule has 0 fully saturated rings. The highest BCUT2D eigenvalue weighted by atomic mass is 16.4. The standard InChI is InChI=1S/C7H10BNO3/c1-5-2-6(8(11)12)3-7(4-10)9-5/h2-3,10-12H,4H2,1H3. The zero-order chi connectivity index (χ0) is 9.14. The Balaban J connectivity index is 3.06. The first kappa shape index (κ1) is 9.19. The Hall–Kier alpha value is -0.905. The van der Waals surface area contributed by atoms with E-state index in [0.717, 1.165) is 0 Å². The number of rotatable bonds is 2. The van der Waals surface area contributed by atoms with Gasteiger partial charge in [-0.15, -0.1) is 0 Å². The van der Waals surface area contributed by atoms with Gasteiger partial charge in [0.1, 0.15) is 0 Å². The van der Waals surface area contributed by atoms with Gasteiger partial charge in [0.05, 0.1) is 12.3 Å². The summed E-state index contributed by atoms with van der Waals surface area (Å²) >= 11 is 0. The molecule has 0 spiro atoms. The Morgan fingerprint density at radius 2 is 2.08 bits per heavy atom. The van der Waals surface area contributed by atoms with Crippen LogP contribution in [0, 0.1) is 6.92 Å². The van der Waals surface area contributed by atoms with Crippen LogP contribution in [0.25, 0.3) is 0 Å². The number of pyridine rings is 1. The Bertz CT molecular complexity index is 277. The van der Waals surface area contributed by atoms with Crippen LogP contribution in [-0.2, 0) is 6.61 Å². The van der Waals surface area contributed by atoms with E-state index in [1.165, 1.54) is 6.07 Å². The van der Waals surface area contributed by atoms with Crippen molar-refractivity contribution in [1.82, 2.24) is 4.98 Å². The lowest BCUT2D eigenvalue weighted by Crippen LogP contribution is -2.30. The summed E-state index contributed by atoms with van der Waals surface area (Å²) in [6, 6.07) is 3.02. The van der Waals surface area contributed by atoms with E-state index in [0.29, 0.717) is 16.9 Å². The highest BCUT2D eigenvalue weighted by molar-refractivity contribution is 6.58. The molecule has 1 rings (SSSR count). The highest BCUT2D eigenvalue weighted by Gasteiger charge is 2.12. The van der Waals surface area contributed by atoms with Crippen LogP contribution in [-0.4, -0.2) is 27.3 Å². The summed E-state index contributed by atoms with van der Waals surface area (Å²) in [6.07, 6.45) is 0. The summed E-state index contributed by atoms with van der Waals surface area (Å²) in [5, 5.41) is 26.4. The second-order valence-corrected chi connectivity index (χ2v) is 2.56. The Labute approximate surface area is 70.7 Å². The van der Waals surface area contributed by atoms with E-state index in [-0.39, 0.29) is 6.61 Å². The summed E-state index contributed by atoms with van der Waals surface area (Å²) in [6.45, 7) is 1.53. The molecule has 64 valence electrons. The predicted octanol–water partition coefficient (Wildman–Crippen LogP) is -1.44. The van der Waals surface area contributed by atoms with Crippen molar-refractivity contribution >= 4 is 12.6 Å². The molecule has 0 bridgehead atoms. The lowest BCUT2D eigenvalue weighted by molar-refractivity contribution is 0.276. The molecule has 0 saturated heterocycles. The fraction of sp³-hybridized carbons (Fsp3) is 0.286. The van der Waals surface area contributed by atoms with Gasteiger partial charge in [0.2, 0.25) is 0 Å². The van der Waals surface area contributed by atoms with E-state index in [2.05, 4.69) is 4.98 Å². The molecular weight excluding hydrogens is 157 g/mol. The smallest absolute Gasteiger partial charge is 0.423 e. The first-order valence-electron chi connectivity index (χ1n) is 3.58. The number of aryl methyl sites for hydroxylation is 1. The van der Waals surface area contributed by atoms with Gasteiger partial charge < -0.3 is 15.2 Å². The molecule has 0 aliphatic rings. The molecule has 0 amide bonds. The number of hydrogen-bond acceptors (Lipinski definition) is 4. The molecule has 0 atom stereocenters. The van der Waals surface area contributed by atoms with E-state index < -0.39 is 7.12 Å². The number of aliphatic hydroxyl groups excluding tert-OH is 1. The summed E-state index contributed by atoms with van der Waals surface area (Å²) in [7, 11) is -1.50. The summed E-state index contributed by atoms with van der Waals surface area (Å²) in [5.74, 6) is 0. The van der Waals surface area contributed by atoms with Crippen molar-refractivity contribution in [3.05, 3.63) is 23.5 Å². The normalized spacial score (nSPS) is 10.0. The SMILES string of the molecule is Cc1cc(B(O)O)cc(CO)n1. The van der Waals surface area contributed by atoms with Crippen LogP contribution >= 0.6 is 0 Å². The van der Waals surface area contributed by atoms with Crippen LogP contribution in [0.2, 0.25) is 0 Å². The van der Waals surface area contributed by atoms with Crippen LogP contribution in [0.1, 0.15) is 11.4 Å². The van der Waals surface area contributed by atoms with Crippen molar-refractivity contribution < 1.29 is 15.2 Å². The lowest BCUT2D eigenvalue weighted by atomic mass is 9.80. The second kappa shape index (κ2) is 3.66. The van der Waals surface area contributed by atoms with Gasteiger partial charge >= 0.3 is 7.12 Å². The maximum Gasteiger partial charge on any atom is 0.488 e. The molecule has 12 heavy (non-hydrogen) atoms. The zero-order valence-electron chi connectivity index (χ0n) is 6.73. The van der Waals surface area contributed by atoms with E-state index in [1.54, 1.807) is 13.0 Å². The van der Waals surface area contributed by atoms with E-state index >= 15 is 0 Å². The van der Waals surface area contributed by atoms with Gasteiger partial charge in [-0.05, 0) is 24.5 Å². The maximum atomic E-state index is 8.81. The fourth-order valence-corrected chi connectivity index (χ4v) is 0.996. The van der Waals surface area contributed by atoms with Crippen molar-refractivity contribution in [3.63, 3.8) is 0 Å². The molecule has 0 unspecified atom stereocenters.